The van der Waals surface area contributed by atoms with Crippen molar-refractivity contribution in [3.05, 3.63) is 30.1 Å². The highest BCUT2D eigenvalue weighted by molar-refractivity contribution is 14.0. The molecule has 1 atom stereocenters. The minimum absolute atomic E-state index is 0. The molecule has 3 aliphatic heterocycles. The van der Waals surface area contributed by atoms with Gasteiger partial charge < -0.3 is 10.6 Å². The Bertz CT molecular complexity index is 563. The number of thioether (sulfide) groups is 1. The third kappa shape index (κ3) is 6.54. The average Bonchev–Trinajstić information content (AvgIpc) is 2.66. The number of hydrogen-bond donors (Lipinski definition) is 2. The number of hydrogen-bond acceptors (Lipinski definition) is 4. The molecule has 0 saturated carbocycles. The van der Waals surface area contributed by atoms with E-state index in [0.717, 1.165) is 42.7 Å². The molecule has 3 heterocycles. The molecule has 2 N–H and O–H groups in total. The minimum Gasteiger partial charge on any atom is -0.356 e. The Kier molecular flexibility index (Phi) is 9.44. The normalized spacial score (nSPS) is 24.8. The van der Waals surface area contributed by atoms with E-state index in [1.807, 2.05) is 19.2 Å². The van der Waals surface area contributed by atoms with Crippen molar-refractivity contribution < 1.29 is 4.39 Å². The number of piperazine rings is 3. The van der Waals surface area contributed by atoms with Gasteiger partial charge in [0, 0.05) is 63.8 Å². The number of nitrogens with one attached hydrogen (secondary N) is 2. The van der Waals surface area contributed by atoms with E-state index in [9.17, 15) is 4.39 Å². The molecule has 1 aromatic rings. The molecule has 2 bridgehead atoms. The smallest absolute Gasteiger partial charge is 0.191 e. The van der Waals surface area contributed by atoms with Crippen LogP contribution >= 0.6 is 35.7 Å². The summed E-state index contributed by atoms with van der Waals surface area (Å²) in [7, 11) is 1.82. The molecule has 0 spiro atoms. The Morgan fingerprint density at radius 1 is 1.19 bits per heavy atom. The topological polar surface area (TPSA) is 42.9 Å². The predicted octanol–water partition coefficient (Wildman–Crippen LogP) is 2.09. The van der Waals surface area contributed by atoms with Gasteiger partial charge in [-0.1, -0.05) is 0 Å². The lowest BCUT2D eigenvalue weighted by Gasteiger charge is -2.47. The standard InChI is InChI=1S/C18H28FN5S.HI/c1-20-18(22-13-16-14-23-8-10-24(16)11-9-23)21-7-2-12-25-17-5-3-15(19)4-6-17;/h3-6,16H,2,7-14H2,1H3,(H2,20,21,22);1H. The van der Waals surface area contributed by atoms with Crippen LogP contribution in [0.25, 0.3) is 0 Å². The fraction of sp³-hybridized carbons (Fsp3) is 0.611. The lowest BCUT2D eigenvalue weighted by atomic mass is 10.1. The summed E-state index contributed by atoms with van der Waals surface area (Å²) in [6.07, 6.45) is 1.03. The van der Waals surface area contributed by atoms with Crippen molar-refractivity contribution >= 4 is 41.7 Å². The molecule has 1 unspecified atom stereocenters. The fourth-order valence-corrected chi connectivity index (χ4v) is 4.21. The number of nitrogens with zero attached hydrogens (tertiary/aromatic N) is 3. The highest BCUT2D eigenvalue weighted by Crippen LogP contribution is 2.18. The maximum atomic E-state index is 12.9. The number of rotatable bonds is 7. The van der Waals surface area contributed by atoms with Crippen LogP contribution in [0.4, 0.5) is 4.39 Å². The molecule has 0 aromatic heterocycles. The van der Waals surface area contributed by atoms with E-state index in [4.69, 9.17) is 0 Å². The quantitative estimate of drug-likeness (QED) is 0.200. The highest BCUT2D eigenvalue weighted by atomic mass is 127. The van der Waals surface area contributed by atoms with Gasteiger partial charge in [-0.05, 0) is 36.4 Å². The molecule has 3 aliphatic rings. The summed E-state index contributed by atoms with van der Waals surface area (Å²) in [5.74, 6) is 1.70. The molecule has 5 nitrogen and oxygen atoms in total. The first-order valence-corrected chi connectivity index (χ1v) is 10.0. The second-order valence-corrected chi connectivity index (χ2v) is 7.69. The van der Waals surface area contributed by atoms with Crippen LogP contribution in [0.3, 0.4) is 0 Å². The summed E-state index contributed by atoms with van der Waals surface area (Å²) in [6.45, 7) is 7.82. The molecule has 0 aliphatic carbocycles. The molecule has 0 radical (unpaired) electrons. The second-order valence-electron chi connectivity index (χ2n) is 6.53. The molecule has 146 valence electrons. The van der Waals surface area contributed by atoms with Gasteiger partial charge in [0.05, 0.1) is 0 Å². The van der Waals surface area contributed by atoms with Crippen molar-refractivity contribution in [3.8, 4) is 0 Å². The zero-order valence-corrected chi connectivity index (χ0v) is 18.4. The van der Waals surface area contributed by atoms with Crippen molar-refractivity contribution in [3.63, 3.8) is 0 Å². The zero-order chi connectivity index (χ0) is 17.5. The van der Waals surface area contributed by atoms with E-state index in [1.165, 1.54) is 38.3 Å². The van der Waals surface area contributed by atoms with Crippen LogP contribution in [-0.4, -0.2) is 80.4 Å². The first-order chi connectivity index (χ1) is 12.2. The molecule has 26 heavy (non-hydrogen) atoms. The SMILES string of the molecule is CN=C(NCCCSc1ccc(F)cc1)NCC1CN2CCN1CC2.I. The lowest BCUT2D eigenvalue weighted by molar-refractivity contribution is 0.0154. The molecule has 3 saturated heterocycles. The summed E-state index contributed by atoms with van der Waals surface area (Å²) in [6, 6.07) is 7.28. The molecular formula is C18H29FIN5S. The van der Waals surface area contributed by atoms with Gasteiger partial charge in [-0.15, -0.1) is 35.7 Å². The molecule has 8 heteroatoms. The summed E-state index contributed by atoms with van der Waals surface area (Å²) in [5.41, 5.74) is 0. The first-order valence-electron chi connectivity index (χ1n) is 9.04. The number of aliphatic imine (C=N–C) groups is 1. The Labute approximate surface area is 177 Å². The van der Waals surface area contributed by atoms with Crippen LogP contribution in [0.1, 0.15) is 6.42 Å². The van der Waals surface area contributed by atoms with E-state index in [1.54, 1.807) is 11.8 Å². The van der Waals surface area contributed by atoms with Gasteiger partial charge in [0.1, 0.15) is 5.82 Å². The van der Waals surface area contributed by atoms with E-state index in [2.05, 4.69) is 25.4 Å². The predicted molar refractivity (Wildman–Crippen MR) is 118 cm³/mol. The van der Waals surface area contributed by atoms with Crippen LogP contribution in [0.15, 0.2) is 34.2 Å². The van der Waals surface area contributed by atoms with Crippen molar-refractivity contribution in [2.24, 2.45) is 4.99 Å². The van der Waals surface area contributed by atoms with E-state index in [-0.39, 0.29) is 29.8 Å². The van der Waals surface area contributed by atoms with Crippen LogP contribution in [0.5, 0.6) is 0 Å². The van der Waals surface area contributed by atoms with Gasteiger partial charge >= 0.3 is 0 Å². The van der Waals surface area contributed by atoms with Crippen LogP contribution < -0.4 is 10.6 Å². The van der Waals surface area contributed by atoms with Gasteiger partial charge in [-0.3, -0.25) is 14.8 Å². The Hall–Kier alpha value is -0.580. The molecule has 4 rings (SSSR count). The maximum Gasteiger partial charge on any atom is 0.191 e. The second kappa shape index (κ2) is 11.3. The van der Waals surface area contributed by atoms with Gasteiger partial charge in [0.2, 0.25) is 0 Å². The van der Waals surface area contributed by atoms with Gasteiger partial charge in [-0.2, -0.15) is 0 Å². The Balaban J connectivity index is 0.00000243. The van der Waals surface area contributed by atoms with Gasteiger partial charge in [0.25, 0.3) is 0 Å². The van der Waals surface area contributed by atoms with E-state index in [0.29, 0.717) is 6.04 Å². The summed E-state index contributed by atoms with van der Waals surface area (Å²) < 4.78 is 12.9. The third-order valence-electron chi connectivity index (χ3n) is 4.82. The van der Waals surface area contributed by atoms with E-state index < -0.39 is 0 Å². The van der Waals surface area contributed by atoms with Crippen LogP contribution in [-0.2, 0) is 0 Å². The maximum absolute atomic E-state index is 12.9. The monoisotopic (exact) mass is 493 g/mol. The zero-order valence-electron chi connectivity index (χ0n) is 15.3. The van der Waals surface area contributed by atoms with Crippen molar-refractivity contribution in [2.75, 3.05) is 58.6 Å². The van der Waals surface area contributed by atoms with Crippen molar-refractivity contribution in [2.45, 2.75) is 17.4 Å². The highest BCUT2D eigenvalue weighted by Gasteiger charge is 2.31. The van der Waals surface area contributed by atoms with Crippen LogP contribution in [0, 0.1) is 5.82 Å². The first kappa shape index (κ1) is 21.7. The number of benzene rings is 1. The average molecular weight is 493 g/mol. The van der Waals surface area contributed by atoms with Gasteiger partial charge in [-0.25, -0.2) is 4.39 Å². The summed E-state index contributed by atoms with van der Waals surface area (Å²) >= 11 is 1.75. The van der Waals surface area contributed by atoms with Crippen molar-refractivity contribution in [1.29, 1.82) is 0 Å². The third-order valence-corrected chi connectivity index (χ3v) is 5.92. The van der Waals surface area contributed by atoms with Crippen LogP contribution in [0.2, 0.25) is 0 Å². The molecule has 1 aromatic carbocycles. The molecule has 3 fully saturated rings. The fourth-order valence-electron chi connectivity index (χ4n) is 3.35. The van der Waals surface area contributed by atoms with Crippen molar-refractivity contribution in [1.82, 2.24) is 20.4 Å². The largest absolute Gasteiger partial charge is 0.356 e. The Morgan fingerprint density at radius 2 is 1.92 bits per heavy atom. The summed E-state index contributed by atoms with van der Waals surface area (Å²) in [5, 5.41) is 6.84. The van der Waals surface area contributed by atoms with E-state index >= 15 is 0 Å². The number of halogens is 2. The molecule has 0 amide bonds. The minimum atomic E-state index is -0.180. The lowest BCUT2D eigenvalue weighted by Crippen LogP contribution is -2.63. The van der Waals surface area contributed by atoms with Gasteiger partial charge in [0.15, 0.2) is 5.96 Å². The number of fused-ring (bicyclic) bond motifs is 3. The number of guanidine groups is 1. The molecular weight excluding hydrogens is 464 g/mol. The summed E-state index contributed by atoms with van der Waals surface area (Å²) in [4.78, 5) is 10.6. The Morgan fingerprint density at radius 3 is 2.54 bits per heavy atom.